The summed E-state index contributed by atoms with van der Waals surface area (Å²) in [6.07, 6.45) is 2.40. The first kappa shape index (κ1) is 13.5. The zero-order valence-corrected chi connectivity index (χ0v) is 9.47. The summed E-state index contributed by atoms with van der Waals surface area (Å²) >= 11 is 5.80. The van der Waals surface area contributed by atoms with Gasteiger partial charge in [-0.15, -0.1) is 0 Å². The van der Waals surface area contributed by atoms with Crippen LogP contribution in [0.25, 0.3) is 0 Å². The van der Waals surface area contributed by atoms with Crippen LogP contribution in [0.3, 0.4) is 0 Å². The summed E-state index contributed by atoms with van der Waals surface area (Å²) in [6.45, 7) is 3.00. The van der Waals surface area contributed by atoms with Crippen LogP contribution in [-0.2, 0) is 4.74 Å². The minimum absolute atomic E-state index is 0.291. The van der Waals surface area contributed by atoms with Crippen molar-refractivity contribution in [1.29, 1.82) is 0 Å². The maximum Gasteiger partial charge on any atom is 0.126 e. The largest absolute Gasteiger partial charge is 0.490 e. The zero-order chi connectivity index (χ0) is 10.8. The fourth-order valence-electron chi connectivity index (χ4n) is 0.690. The van der Waals surface area contributed by atoms with Gasteiger partial charge in [-0.25, -0.2) is 0 Å². The minimum atomic E-state index is -0.413. The molecule has 4 heteroatoms. The first-order chi connectivity index (χ1) is 6.70. The van der Waals surface area contributed by atoms with E-state index in [2.05, 4.69) is 11.0 Å². The number of hydrogen-bond acceptors (Lipinski definition) is 3. The van der Waals surface area contributed by atoms with Gasteiger partial charge < -0.3 is 15.2 Å². The average Bonchev–Trinajstić information content (AvgIpc) is 2.21. The second kappa shape index (κ2) is 9.10. The van der Waals surface area contributed by atoms with Crippen LogP contribution in [0, 0.1) is 0 Å². The lowest BCUT2D eigenvalue weighted by Crippen LogP contribution is -2.11. The quantitative estimate of drug-likeness (QED) is 0.505. The lowest BCUT2D eigenvalue weighted by atomic mass is 10.3. The van der Waals surface area contributed by atoms with Crippen LogP contribution < -0.4 is 5.32 Å². The maximum absolute atomic E-state index is 9.14. The molecule has 0 saturated carbocycles. The van der Waals surface area contributed by atoms with Crippen molar-refractivity contribution in [3.05, 3.63) is 17.0 Å². The number of hydrogen-bond donors (Lipinski definition) is 2. The number of aliphatic hydroxyl groups is 1. The molecule has 1 unspecified atom stereocenters. The van der Waals surface area contributed by atoms with Gasteiger partial charge in [-0.2, -0.15) is 0 Å². The molecule has 14 heavy (non-hydrogen) atoms. The highest BCUT2D eigenvalue weighted by Crippen LogP contribution is 2.03. The molecule has 0 aliphatic carbocycles. The lowest BCUT2D eigenvalue weighted by molar-refractivity contribution is 0.0817. The van der Waals surface area contributed by atoms with Gasteiger partial charge in [0.25, 0.3) is 0 Å². The van der Waals surface area contributed by atoms with Crippen LogP contribution in [-0.4, -0.2) is 31.4 Å². The number of aliphatic hydroxyl groups excluding tert-OH is 1. The van der Waals surface area contributed by atoms with Crippen molar-refractivity contribution < 1.29 is 9.84 Å². The minimum Gasteiger partial charge on any atom is -0.490 e. The van der Waals surface area contributed by atoms with Crippen LogP contribution in [0.2, 0.25) is 0 Å². The van der Waals surface area contributed by atoms with Crippen molar-refractivity contribution in [2.45, 2.75) is 25.9 Å². The second-order valence-electron chi connectivity index (χ2n) is 2.92. The first-order valence-corrected chi connectivity index (χ1v) is 5.12. The van der Waals surface area contributed by atoms with Gasteiger partial charge in [-0.3, -0.25) is 0 Å². The van der Waals surface area contributed by atoms with Gasteiger partial charge >= 0.3 is 0 Å². The maximum atomic E-state index is 9.14. The van der Waals surface area contributed by atoms with Crippen molar-refractivity contribution in [3.63, 3.8) is 0 Å². The normalized spacial score (nSPS) is 11.7. The molecule has 0 aliphatic heterocycles. The molecule has 82 valence electrons. The van der Waals surface area contributed by atoms with E-state index >= 15 is 0 Å². The molecule has 0 aromatic rings. The number of rotatable bonds is 7. The van der Waals surface area contributed by atoms with E-state index in [1.807, 2.05) is 14.0 Å². The highest BCUT2D eigenvalue weighted by molar-refractivity contribution is 6.29. The van der Waals surface area contributed by atoms with Gasteiger partial charge in [0.1, 0.15) is 12.9 Å². The van der Waals surface area contributed by atoms with Gasteiger partial charge in [-0.1, -0.05) is 24.3 Å². The van der Waals surface area contributed by atoms with E-state index in [0.717, 1.165) is 13.0 Å². The molecular formula is C10H18ClNO2. The van der Waals surface area contributed by atoms with E-state index in [1.165, 1.54) is 6.26 Å². The molecule has 0 aromatic carbocycles. The van der Waals surface area contributed by atoms with Gasteiger partial charge in [-0.05, 0) is 13.5 Å². The molecule has 0 fully saturated rings. The third kappa shape index (κ3) is 8.14. The third-order valence-electron chi connectivity index (χ3n) is 1.65. The van der Waals surface area contributed by atoms with E-state index in [1.54, 1.807) is 0 Å². The first-order valence-electron chi connectivity index (χ1n) is 4.74. The summed E-state index contributed by atoms with van der Waals surface area (Å²) in [5, 5.41) is 12.7. The predicted octanol–water partition coefficient (Wildman–Crippen LogP) is 1.62. The Morgan fingerprint density at radius 1 is 1.71 bits per heavy atom. The predicted molar refractivity (Wildman–Crippen MR) is 58.2 cm³/mol. The highest BCUT2D eigenvalue weighted by Gasteiger charge is 1.97. The van der Waals surface area contributed by atoms with Crippen molar-refractivity contribution in [2.24, 2.45) is 0 Å². The highest BCUT2D eigenvalue weighted by atomic mass is 35.5. The molecule has 0 amide bonds. The fourth-order valence-corrected chi connectivity index (χ4v) is 0.829. The molecule has 3 nitrogen and oxygen atoms in total. The molecule has 0 bridgehead atoms. The van der Waals surface area contributed by atoms with E-state index in [0.29, 0.717) is 18.1 Å². The monoisotopic (exact) mass is 219 g/mol. The Kier molecular flexibility index (Phi) is 8.79. The Bertz CT molecular complexity index is 200. The van der Waals surface area contributed by atoms with E-state index in [-0.39, 0.29) is 0 Å². The average molecular weight is 220 g/mol. The third-order valence-corrected chi connectivity index (χ3v) is 1.95. The summed E-state index contributed by atoms with van der Waals surface area (Å²) < 4.78 is 5.03. The molecule has 0 aliphatic rings. The van der Waals surface area contributed by atoms with Gasteiger partial charge in [0.05, 0.1) is 11.1 Å². The van der Waals surface area contributed by atoms with E-state index < -0.39 is 6.10 Å². The summed E-state index contributed by atoms with van der Waals surface area (Å²) in [5.74, 6) is 0. The molecule has 0 radical (unpaired) electrons. The molecule has 0 aromatic heterocycles. The topological polar surface area (TPSA) is 41.5 Å². The second-order valence-corrected chi connectivity index (χ2v) is 3.37. The summed E-state index contributed by atoms with van der Waals surface area (Å²) in [4.78, 5) is 0. The smallest absolute Gasteiger partial charge is 0.126 e. The van der Waals surface area contributed by atoms with Crippen molar-refractivity contribution in [3.8, 4) is 0 Å². The molecule has 1 atom stereocenters. The Hall–Kier alpha value is -0.470. The zero-order valence-electron chi connectivity index (χ0n) is 8.72. The molecule has 2 N–H and O–H groups in total. The van der Waals surface area contributed by atoms with Crippen molar-refractivity contribution >= 4 is 11.6 Å². The van der Waals surface area contributed by atoms with Crippen LogP contribution in [0.1, 0.15) is 19.8 Å². The van der Waals surface area contributed by atoms with Crippen LogP contribution >= 0.6 is 11.6 Å². The number of ether oxygens (including phenoxy) is 1. The van der Waals surface area contributed by atoms with Gasteiger partial charge in [0, 0.05) is 13.0 Å². The lowest BCUT2D eigenvalue weighted by Gasteiger charge is -2.04. The Morgan fingerprint density at radius 2 is 2.43 bits per heavy atom. The SMILES string of the molecule is CCC(O)COC=C=C(Cl)CCNC. The molecule has 0 rings (SSSR count). The Balaban J connectivity index is 3.67. The van der Waals surface area contributed by atoms with E-state index in [9.17, 15) is 0 Å². The fraction of sp³-hybridized carbons (Fsp3) is 0.700. The molecule has 0 heterocycles. The summed E-state index contributed by atoms with van der Waals surface area (Å²) in [7, 11) is 1.86. The van der Waals surface area contributed by atoms with Gasteiger partial charge in [0.2, 0.25) is 0 Å². The molecule has 0 spiro atoms. The molecular weight excluding hydrogens is 202 g/mol. The van der Waals surface area contributed by atoms with Crippen molar-refractivity contribution in [2.75, 3.05) is 20.2 Å². The van der Waals surface area contributed by atoms with Crippen molar-refractivity contribution in [1.82, 2.24) is 5.32 Å². The van der Waals surface area contributed by atoms with Crippen LogP contribution in [0.5, 0.6) is 0 Å². The Morgan fingerprint density at radius 3 is 3.00 bits per heavy atom. The van der Waals surface area contributed by atoms with Gasteiger partial charge in [0.15, 0.2) is 0 Å². The summed E-state index contributed by atoms with van der Waals surface area (Å²) in [6, 6.07) is 0. The number of halogens is 1. The molecule has 0 saturated heterocycles. The summed E-state index contributed by atoms with van der Waals surface area (Å²) in [5.41, 5.74) is 2.78. The van der Waals surface area contributed by atoms with Crippen LogP contribution in [0.4, 0.5) is 0 Å². The Labute approximate surface area is 90.4 Å². The standard InChI is InChI=1S/C10H18ClNO2/c1-3-10(13)8-14-7-5-9(11)4-6-12-2/h7,10,12-13H,3-4,6,8H2,1-2H3. The van der Waals surface area contributed by atoms with E-state index in [4.69, 9.17) is 21.4 Å². The van der Waals surface area contributed by atoms with Crippen LogP contribution in [0.15, 0.2) is 17.0 Å². The number of nitrogens with one attached hydrogen (secondary N) is 1.